The van der Waals surface area contributed by atoms with Crippen LogP contribution in [0.4, 0.5) is 10.1 Å². The van der Waals surface area contributed by atoms with E-state index in [-0.39, 0.29) is 18.3 Å². The molecule has 3 aromatic carbocycles. The third-order valence-electron chi connectivity index (χ3n) is 4.35. The van der Waals surface area contributed by atoms with Gasteiger partial charge in [0.1, 0.15) is 0 Å². The lowest BCUT2D eigenvalue weighted by atomic mass is 10.0. The smallest absolute Gasteiger partial charge is 0.262 e. The average Bonchev–Trinajstić information content (AvgIpc) is 3.02. The summed E-state index contributed by atoms with van der Waals surface area (Å²) in [5.41, 5.74) is 3.40. The number of amides is 1. The molecular weight excluding hydrogens is 305 g/mol. The minimum atomic E-state index is -0.476. The summed E-state index contributed by atoms with van der Waals surface area (Å²) in [7, 11) is 0. The van der Waals surface area contributed by atoms with Crippen molar-refractivity contribution in [1.82, 2.24) is 0 Å². The highest BCUT2D eigenvalue weighted by Gasteiger charge is 2.16. The van der Waals surface area contributed by atoms with Gasteiger partial charge >= 0.3 is 0 Å². The molecule has 0 radical (unpaired) electrons. The van der Waals surface area contributed by atoms with Gasteiger partial charge in [0, 0.05) is 11.1 Å². The predicted octanol–water partition coefficient (Wildman–Crippen LogP) is 4.10. The highest BCUT2D eigenvalue weighted by atomic mass is 19.1. The van der Waals surface area contributed by atoms with Crippen LogP contribution in [0.25, 0.3) is 10.8 Å². The van der Waals surface area contributed by atoms with Gasteiger partial charge in [0.25, 0.3) is 5.91 Å². The lowest BCUT2D eigenvalue weighted by Crippen LogP contribution is -2.20. The van der Waals surface area contributed by atoms with Gasteiger partial charge in [0.05, 0.1) is 0 Å². The molecule has 0 saturated carbocycles. The van der Waals surface area contributed by atoms with Gasteiger partial charge in [-0.25, -0.2) is 4.39 Å². The van der Waals surface area contributed by atoms with Gasteiger partial charge in [0.15, 0.2) is 18.2 Å². The Morgan fingerprint density at radius 1 is 1.00 bits per heavy atom. The SMILES string of the molecule is O=C(COc1ccccc1F)Nc1ccc2c3c(cccc13)CC2. The van der Waals surface area contributed by atoms with Crippen molar-refractivity contribution < 1.29 is 13.9 Å². The van der Waals surface area contributed by atoms with E-state index in [4.69, 9.17) is 4.74 Å². The van der Waals surface area contributed by atoms with Crippen molar-refractivity contribution in [2.45, 2.75) is 12.8 Å². The van der Waals surface area contributed by atoms with Gasteiger partial charge < -0.3 is 10.1 Å². The average molecular weight is 321 g/mol. The van der Waals surface area contributed by atoms with E-state index in [0.717, 1.165) is 23.9 Å². The number of carbonyl (C=O) groups excluding carboxylic acids is 1. The molecule has 1 amide bonds. The number of benzene rings is 3. The summed E-state index contributed by atoms with van der Waals surface area (Å²) in [6.07, 6.45) is 2.08. The Bertz CT molecular complexity index is 926. The number of anilines is 1. The van der Waals surface area contributed by atoms with Gasteiger partial charge in [-0.15, -0.1) is 0 Å². The van der Waals surface area contributed by atoms with Gasteiger partial charge in [0.2, 0.25) is 0 Å². The quantitative estimate of drug-likeness (QED) is 0.786. The molecule has 1 aliphatic rings. The van der Waals surface area contributed by atoms with Crippen LogP contribution in [0, 0.1) is 5.82 Å². The first-order valence-corrected chi connectivity index (χ1v) is 7.93. The van der Waals surface area contributed by atoms with E-state index < -0.39 is 5.82 Å². The van der Waals surface area contributed by atoms with Crippen LogP contribution < -0.4 is 10.1 Å². The molecule has 4 heteroatoms. The third-order valence-corrected chi connectivity index (χ3v) is 4.35. The summed E-state index contributed by atoms with van der Waals surface area (Å²) in [5.74, 6) is -0.708. The van der Waals surface area contributed by atoms with Crippen LogP contribution in [-0.4, -0.2) is 12.5 Å². The summed E-state index contributed by atoms with van der Waals surface area (Å²) >= 11 is 0. The van der Waals surface area contributed by atoms with Gasteiger partial charge in [-0.1, -0.05) is 36.4 Å². The number of hydrogen-bond acceptors (Lipinski definition) is 2. The monoisotopic (exact) mass is 321 g/mol. The molecule has 0 fully saturated rings. The van der Waals surface area contributed by atoms with Crippen molar-refractivity contribution in [3.05, 3.63) is 71.5 Å². The molecule has 0 heterocycles. The molecule has 0 aromatic heterocycles. The Morgan fingerprint density at radius 2 is 1.79 bits per heavy atom. The number of para-hydroxylation sites is 1. The molecule has 0 spiro atoms. The molecule has 3 aromatic rings. The van der Waals surface area contributed by atoms with Crippen molar-refractivity contribution in [2.75, 3.05) is 11.9 Å². The first kappa shape index (κ1) is 14.7. The fraction of sp³-hybridized carbons (Fsp3) is 0.150. The predicted molar refractivity (Wildman–Crippen MR) is 91.9 cm³/mol. The van der Waals surface area contributed by atoms with E-state index in [1.807, 2.05) is 18.2 Å². The van der Waals surface area contributed by atoms with Crippen LogP contribution in [0.2, 0.25) is 0 Å². The van der Waals surface area contributed by atoms with E-state index in [1.165, 1.54) is 28.6 Å². The molecule has 1 N–H and O–H groups in total. The van der Waals surface area contributed by atoms with Crippen LogP contribution >= 0.6 is 0 Å². The van der Waals surface area contributed by atoms with Crippen LogP contribution in [0.3, 0.4) is 0 Å². The number of ether oxygens (including phenoxy) is 1. The third kappa shape index (κ3) is 2.60. The van der Waals surface area contributed by atoms with E-state index in [2.05, 4.69) is 17.4 Å². The molecule has 0 bridgehead atoms. The largest absolute Gasteiger partial charge is 0.481 e. The number of carbonyl (C=O) groups is 1. The van der Waals surface area contributed by atoms with Crippen molar-refractivity contribution in [3.63, 3.8) is 0 Å². The number of rotatable bonds is 4. The molecule has 120 valence electrons. The molecule has 4 rings (SSSR count). The van der Waals surface area contributed by atoms with E-state index in [0.29, 0.717) is 0 Å². The first-order chi connectivity index (χ1) is 11.7. The minimum Gasteiger partial charge on any atom is -0.481 e. The number of halogens is 1. The number of aryl methyl sites for hydroxylation is 2. The first-order valence-electron chi connectivity index (χ1n) is 7.93. The van der Waals surface area contributed by atoms with Crippen molar-refractivity contribution in [1.29, 1.82) is 0 Å². The number of nitrogens with one attached hydrogen (secondary N) is 1. The fourth-order valence-corrected chi connectivity index (χ4v) is 3.25. The molecular formula is C20H16FNO2. The molecule has 0 unspecified atom stereocenters. The maximum Gasteiger partial charge on any atom is 0.262 e. The van der Waals surface area contributed by atoms with E-state index >= 15 is 0 Å². The Kier molecular flexibility index (Phi) is 3.65. The molecule has 3 nitrogen and oxygen atoms in total. The van der Waals surface area contributed by atoms with Crippen molar-refractivity contribution in [3.8, 4) is 5.75 Å². The van der Waals surface area contributed by atoms with Crippen LogP contribution in [0.15, 0.2) is 54.6 Å². The Hall–Kier alpha value is -2.88. The Labute approximate surface area is 139 Å². The molecule has 24 heavy (non-hydrogen) atoms. The van der Waals surface area contributed by atoms with Crippen molar-refractivity contribution >= 4 is 22.4 Å². The summed E-state index contributed by atoms with van der Waals surface area (Å²) in [4.78, 5) is 12.2. The summed E-state index contributed by atoms with van der Waals surface area (Å²) in [6, 6.07) is 16.2. The standard InChI is InChI=1S/C20H16FNO2/c21-16-6-1-2-7-18(16)24-12-19(23)22-17-11-10-14-9-8-13-4-3-5-15(17)20(13)14/h1-7,10-11H,8-9,12H2,(H,22,23). The maximum absolute atomic E-state index is 13.5. The highest BCUT2D eigenvalue weighted by Crippen LogP contribution is 2.34. The van der Waals surface area contributed by atoms with Crippen LogP contribution in [0.5, 0.6) is 5.75 Å². The second-order valence-electron chi connectivity index (χ2n) is 5.88. The zero-order valence-corrected chi connectivity index (χ0v) is 13.0. The highest BCUT2D eigenvalue weighted by molar-refractivity contribution is 6.05. The lowest BCUT2D eigenvalue weighted by molar-refractivity contribution is -0.118. The van der Waals surface area contributed by atoms with Crippen LogP contribution in [-0.2, 0) is 17.6 Å². The topological polar surface area (TPSA) is 38.3 Å². The van der Waals surface area contributed by atoms with E-state index in [9.17, 15) is 9.18 Å². The number of hydrogen-bond donors (Lipinski definition) is 1. The summed E-state index contributed by atoms with van der Waals surface area (Å²) < 4.78 is 18.8. The summed E-state index contributed by atoms with van der Waals surface area (Å²) in [5, 5.41) is 5.15. The Balaban J connectivity index is 1.53. The lowest BCUT2D eigenvalue weighted by Gasteiger charge is -2.11. The van der Waals surface area contributed by atoms with Crippen LogP contribution in [0.1, 0.15) is 11.1 Å². The van der Waals surface area contributed by atoms with E-state index in [1.54, 1.807) is 12.1 Å². The zero-order valence-electron chi connectivity index (χ0n) is 13.0. The van der Waals surface area contributed by atoms with Gasteiger partial charge in [-0.05, 0) is 47.6 Å². The molecule has 0 aliphatic heterocycles. The molecule has 0 atom stereocenters. The second-order valence-corrected chi connectivity index (χ2v) is 5.88. The molecule has 1 aliphatic carbocycles. The second kappa shape index (κ2) is 5.96. The minimum absolute atomic E-state index is 0.0769. The maximum atomic E-state index is 13.5. The normalized spacial score (nSPS) is 12.4. The summed E-state index contributed by atoms with van der Waals surface area (Å²) in [6.45, 7) is -0.232. The van der Waals surface area contributed by atoms with Gasteiger partial charge in [-0.3, -0.25) is 4.79 Å². The van der Waals surface area contributed by atoms with Gasteiger partial charge in [-0.2, -0.15) is 0 Å². The zero-order chi connectivity index (χ0) is 16.5. The Morgan fingerprint density at radius 3 is 2.62 bits per heavy atom. The molecule has 0 saturated heterocycles. The van der Waals surface area contributed by atoms with Crippen molar-refractivity contribution in [2.24, 2.45) is 0 Å². The fourth-order valence-electron chi connectivity index (χ4n) is 3.25.